The van der Waals surface area contributed by atoms with Crippen molar-refractivity contribution in [2.45, 2.75) is 25.7 Å². The fraction of sp³-hybridized carbons (Fsp3) is 0.500. The van der Waals surface area contributed by atoms with Crippen LogP contribution in [0.15, 0.2) is 24.3 Å². The Labute approximate surface area is 106 Å². The zero-order valence-corrected chi connectivity index (χ0v) is 11.1. The van der Waals surface area contributed by atoms with E-state index in [1.165, 1.54) is 11.1 Å². The number of hydrogen-bond acceptors (Lipinski definition) is 2. The van der Waals surface area contributed by atoms with Crippen LogP contribution in [-0.4, -0.2) is 13.2 Å². The van der Waals surface area contributed by atoms with E-state index in [0.717, 1.165) is 38.8 Å². The molecule has 0 fully saturated rings. The van der Waals surface area contributed by atoms with E-state index in [9.17, 15) is 0 Å². The van der Waals surface area contributed by atoms with Gasteiger partial charge < -0.3 is 8.80 Å². The van der Waals surface area contributed by atoms with Gasteiger partial charge in [0.15, 0.2) is 0 Å². The summed E-state index contributed by atoms with van der Waals surface area (Å²) >= 11 is 1.94. The number of benzene rings is 1. The molecule has 2 nitrogen and oxygen atoms in total. The van der Waals surface area contributed by atoms with Gasteiger partial charge in [-0.05, 0) is 43.4 Å². The maximum Gasteiger partial charge on any atom is 0.109 e. The van der Waals surface area contributed by atoms with Crippen molar-refractivity contribution in [2.75, 3.05) is 13.2 Å². The molecule has 0 radical (unpaired) electrons. The summed E-state index contributed by atoms with van der Waals surface area (Å²) in [5.74, 6) is 0. The molecule has 15 heavy (non-hydrogen) atoms. The summed E-state index contributed by atoms with van der Waals surface area (Å²) in [7, 11) is 0. The summed E-state index contributed by atoms with van der Waals surface area (Å²) in [6.07, 6.45) is 4.34. The highest BCUT2D eigenvalue weighted by Crippen LogP contribution is 2.09. The molecule has 0 aliphatic heterocycles. The number of nitrogens with two attached hydrogens (primary N) is 1. The Hall–Kier alpha value is -0.130. The van der Waals surface area contributed by atoms with Gasteiger partial charge in [-0.15, -0.1) is 0 Å². The highest BCUT2D eigenvalue weighted by Gasteiger charge is 1.96. The second kappa shape index (κ2) is 8.07. The molecule has 1 aromatic rings. The minimum atomic E-state index is 0.771. The maximum absolute atomic E-state index is 5.50. The summed E-state index contributed by atoms with van der Waals surface area (Å²) in [4.78, 5) is 0. The van der Waals surface area contributed by atoms with Crippen molar-refractivity contribution in [3.05, 3.63) is 35.4 Å². The van der Waals surface area contributed by atoms with E-state index in [1.807, 2.05) is 23.0 Å². The SMILES string of the molecule is NCCCc1cccc(CCCOI)c1. The lowest BCUT2D eigenvalue weighted by Crippen LogP contribution is -2.00. The maximum atomic E-state index is 5.50. The number of halogens is 1. The third-order valence-electron chi connectivity index (χ3n) is 2.35. The predicted octanol–water partition coefficient (Wildman–Crippen LogP) is 2.88. The van der Waals surface area contributed by atoms with E-state index >= 15 is 0 Å². The van der Waals surface area contributed by atoms with E-state index < -0.39 is 0 Å². The van der Waals surface area contributed by atoms with Gasteiger partial charge >= 0.3 is 0 Å². The monoisotopic (exact) mass is 319 g/mol. The topological polar surface area (TPSA) is 35.2 Å². The first-order valence-corrected chi connectivity index (χ1v) is 6.26. The summed E-state index contributed by atoms with van der Waals surface area (Å²) in [6.45, 7) is 1.60. The first-order valence-electron chi connectivity index (χ1n) is 5.38. The Balaban J connectivity index is 2.42. The number of rotatable bonds is 7. The van der Waals surface area contributed by atoms with Gasteiger partial charge in [-0.1, -0.05) is 24.3 Å². The van der Waals surface area contributed by atoms with E-state index in [0.29, 0.717) is 0 Å². The number of hydrogen-bond donors (Lipinski definition) is 1. The second-order valence-electron chi connectivity index (χ2n) is 3.63. The molecule has 0 spiro atoms. The average Bonchev–Trinajstić information content (AvgIpc) is 2.27. The summed E-state index contributed by atoms with van der Waals surface area (Å²) in [5, 5.41) is 0. The van der Waals surface area contributed by atoms with Crippen LogP contribution in [-0.2, 0) is 15.9 Å². The molecule has 2 N–H and O–H groups in total. The average molecular weight is 319 g/mol. The fourth-order valence-corrected chi connectivity index (χ4v) is 1.89. The Morgan fingerprint density at radius 3 is 2.40 bits per heavy atom. The Morgan fingerprint density at radius 2 is 1.80 bits per heavy atom. The Morgan fingerprint density at radius 1 is 1.13 bits per heavy atom. The van der Waals surface area contributed by atoms with E-state index in [4.69, 9.17) is 8.80 Å². The van der Waals surface area contributed by atoms with Crippen molar-refractivity contribution in [3.63, 3.8) is 0 Å². The van der Waals surface area contributed by atoms with Crippen LogP contribution in [0.2, 0.25) is 0 Å². The van der Waals surface area contributed by atoms with Gasteiger partial charge in [-0.25, -0.2) is 0 Å². The van der Waals surface area contributed by atoms with Gasteiger partial charge in [-0.3, -0.25) is 0 Å². The normalized spacial score (nSPS) is 10.5. The van der Waals surface area contributed by atoms with Gasteiger partial charge in [0.2, 0.25) is 0 Å². The summed E-state index contributed by atoms with van der Waals surface area (Å²) < 4.78 is 5.01. The highest BCUT2D eigenvalue weighted by molar-refractivity contribution is 14.1. The lowest BCUT2D eigenvalue weighted by molar-refractivity contribution is 0.414. The van der Waals surface area contributed by atoms with Crippen LogP contribution in [0.5, 0.6) is 0 Å². The van der Waals surface area contributed by atoms with Crippen molar-refractivity contribution in [2.24, 2.45) is 5.73 Å². The summed E-state index contributed by atoms with van der Waals surface area (Å²) in [6, 6.07) is 8.77. The molecule has 1 rings (SSSR count). The van der Waals surface area contributed by atoms with Crippen molar-refractivity contribution >= 4 is 23.0 Å². The third kappa shape index (κ3) is 5.49. The van der Waals surface area contributed by atoms with Crippen LogP contribution in [0.1, 0.15) is 24.0 Å². The molecule has 0 amide bonds. The minimum absolute atomic E-state index is 0.771. The van der Waals surface area contributed by atoms with E-state index in [1.54, 1.807) is 0 Å². The third-order valence-corrected chi connectivity index (χ3v) is 2.79. The molecule has 0 saturated carbocycles. The van der Waals surface area contributed by atoms with Gasteiger partial charge in [0.1, 0.15) is 23.0 Å². The quantitative estimate of drug-likeness (QED) is 0.619. The minimum Gasteiger partial charge on any atom is -0.330 e. The van der Waals surface area contributed by atoms with Crippen LogP contribution >= 0.6 is 23.0 Å². The lowest BCUT2D eigenvalue weighted by atomic mass is 10.0. The first-order chi connectivity index (χ1) is 7.36. The van der Waals surface area contributed by atoms with Crippen LogP contribution in [0.4, 0.5) is 0 Å². The zero-order chi connectivity index (χ0) is 10.9. The van der Waals surface area contributed by atoms with E-state index in [2.05, 4.69) is 24.3 Å². The van der Waals surface area contributed by atoms with Gasteiger partial charge in [-0.2, -0.15) is 0 Å². The van der Waals surface area contributed by atoms with Crippen LogP contribution < -0.4 is 5.73 Å². The molecule has 0 saturated heterocycles. The lowest BCUT2D eigenvalue weighted by Gasteiger charge is -2.04. The molecule has 3 heteroatoms. The largest absolute Gasteiger partial charge is 0.330 e. The summed E-state index contributed by atoms with van der Waals surface area (Å²) in [5.41, 5.74) is 8.29. The van der Waals surface area contributed by atoms with Crippen molar-refractivity contribution in [3.8, 4) is 0 Å². The molecule has 0 atom stereocenters. The van der Waals surface area contributed by atoms with Crippen molar-refractivity contribution in [1.29, 1.82) is 0 Å². The predicted molar refractivity (Wildman–Crippen MR) is 72.1 cm³/mol. The molecule has 0 aliphatic rings. The molecule has 0 heterocycles. The zero-order valence-electron chi connectivity index (χ0n) is 8.92. The first kappa shape index (κ1) is 12.9. The van der Waals surface area contributed by atoms with Gasteiger partial charge in [0.25, 0.3) is 0 Å². The van der Waals surface area contributed by atoms with E-state index in [-0.39, 0.29) is 0 Å². The van der Waals surface area contributed by atoms with Crippen LogP contribution in [0.25, 0.3) is 0 Å². The highest BCUT2D eigenvalue weighted by atomic mass is 127. The standard InChI is InChI=1S/C12H18INO/c13-15-9-3-7-12-5-1-4-11(10-12)6-2-8-14/h1,4-5,10H,2-3,6-9,14H2. The molecule has 0 aliphatic carbocycles. The van der Waals surface area contributed by atoms with Gasteiger partial charge in [0.05, 0.1) is 6.61 Å². The van der Waals surface area contributed by atoms with Crippen molar-refractivity contribution in [1.82, 2.24) is 0 Å². The smallest absolute Gasteiger partial charge is 0.109 e. The molecule has 0 unspecified atom stereocenters. The molecule has 84 valence electrons. The fourth-order valence-electron chi connectivity index (χ4n) is 1.58. The van der Waals surface area contributed by atoms with Crippen molar-refractivity contribution < 1.29 is 3.07 Å². The number of aryl methyl sites for hydroxylation is 2. The Bertz CT molecular complexity index is 278. The molecule has 0 aromatic heterocycles. The molecule has 0 bridgehead atoms. The molecular formula is C12H18INO. The molecular weight excluding hydrogens is 301 g/mol. The van der Waals surface area contributed by atoms with Crippen LogP contribution in [0, 0.1) is 0 Å². The second-order valence-corrected chi connectivity index (χ2v) is 4.25. The molecule has 1 aromatic carbocycles. The van der Waals surface area contributed by atoms with Crippen LogP contribution in [0.3, 0.4) is 0 Å². The Kier molecular flexibility index (Phi) is 6.96. The van der Waals surface area contributed by atoms with Gasteiger partial charge in [0, 0.05) is 0 Å².